The van der Waals surface area contributed by atoms with Gasteiger partial charge in [0.1, 0.15) is 5.75 Å². The van der Waals surface area contributed by atoms with E-state index < -0.39 is 0 Å². The van der Waals surface area contributed by atoms with Gasteiger partial charge in [-0.2, -0.15) is 0 Å². The second kappa shape index (κ2) is 9.06. The van der Waals surface area contributed by atoms with Gasteiger partial charge >= 0.3 is 0 Å². The Morgan fingerprint density at radius 1 is 1.29 bits per heavy atom. The van der Waals surface area contributed by atoms with E-state index in [0.29, 0.717) is 12.1 Å². The molecule has 0 amide bonds. The molecule has 1 aliphatic heterocycles. The molecule has 1 N–H and O–H groups in total. The Balaban J connectivity index is 1.66. The summed E-state index contributed by atoms with van der Waals surface area (Å²) in [6, 6.07) is 9.02. The molecule has 1 aliphatic rings. The zero-order valence-electron chi connectivity index (χ0n) is 13.4. The number of aryl methyl sites for hydroxylation is 1. The van der Waals surface area contributed by atoms with E-state index in [1.165, 1.54) is 44.1 Å². The average Bonchev–Trinajstić information content (AvgIpc) is 3.04. The Morgan fingerprint density at radius 3 is 2.71 bits per heavy atom. The largest absolute Gasteiger partial charge is 0.497 e. The fraction of sp³-hybridized carbons (Fsp3) is 0.667. The minimum atomic E-state index is 0.532. The van der Waals surface area contributed by atoms with Crippen molar-refractivity contribution in [3.05, 3.63) is 29.8 Å². The molecule has 3 heteroatoms. The molecule has 21 heavy (non-hydrogen) atoms. The van der Waals surface area contributed by atoms with Crippen LogP contribution in [-0.4, -0.2) is 32.9 Å². The van der Waals surface area contributed by atoms with Crippen molar-refractivity contribution in [1.82, 2.24) is 5.32 Å². The van der Waals surface area contributed by atoms with Crippen molar-refractivity contribution in [2.24, 2.45) is 0 Å². The molecule has 1 aromatic rings. The molecule has 2 atom stereocenters. The number of methoxy groups -OCH3 is 1. The Labute approximate surface area is 129 Å². The monoisotopic (exact) mass is 291 g/mol. The van der Waals surface area contributed by atoms with Crippen LogP contribution in [0.2, 0.25) is 0 Å². The number of benzene rings is 1. The maximum absolute atomic E-state index is 5.69. The molecule has 2 rings (SSSR count). The van der Waals surface area contributed by atoms with Crippen LogP contribution in [0.1, 0.15) is 44.1 Å². The molecule has 0 saturated carbocycles. The van der Waals surface area contributed by atoms with E-state index >= 15 is 0 Å². The third-order valence-corrected chi connectivity index (χ3v) is 4.45. The standard InChI is InChI=1S/C18H29NO2/c1-19-16(5-3-6-18-7-4-14-21-18)11-8-15-9-12-17(20-2)13-10-15/h9-10,12-13,16,18-19H,3-8,11,14H2,1-2H3. The van der Waals surface area contributed by atoms with Gasteiger partial charge in [-0.3, -0.25) is 0 Å². The molecule has 3 nitrogen and oxygen atoms in total. The third-order valence-electron chi connectivity index (χ3n) is 4.45. The predicted molar refractivity (Wildman–Crippen MR) is 87.0 cm³/mol. The number of rotatable bonds is 9. The van der Waals surface area contributed by atoms with E-state index in [2.05, 4.69) is 24.5 Å². The van der Waals surface area contributed by atoms with Crippen LogP contribution in [-0.2, 0) is 11.2 Å². The highest BCUT2D eigenvalue weighted by atomic mass is 16.5. The van der Waals surface area contributed by atoms with Crippen LogP contribution in [0.5, 0.6) is 5.75 Å². The zero-order valence-corrected chi connectivity index (χ0v) is 13.4. The smallest absolute Gasteiger partial charge is 0.118 e. The molecule has 2 unspecified atom stereocenters. The molecule has 1 fully saturated rings. The van der Waals surface area contributed by atoms with E-state index in [1.807, 2.05) is 12.1 Å². The molecular formula is C18H29NO2. The van der Waals surface area contributed by atoms with Crippen LogP contribution in [0.25, 0.3) is 0 Å². The molecular weight excluding hydrogens is 262 g/mol. The Kier molecular flexibility index (Phi) is 7.04. The number of hydrogen-bond acceptors (Lipinski definition) is 3. The van der Waals surface area contributed by atoms with Crippen molar-refractivity contribution in [1.29, 1.82) is 0 Å². The average molecular weight is 291 g/mol. The van der Waals surface area contributed by atoms with E-state index in [9.17, 15) is 0 Å². The Bertz CT molecular complexity index is 385. The van der Waals surface area contributed by atoms with Gasteiger partial charge in [0.2, 0.25) is 0 Å². The molecule has 1 aromatic carbocycles. The summed E-state index contributed by atoms with van der Waals surface area (Å²) in [6.45, 7) is 0.970. The van der Waals surface area contributed by atoms with Gasteiger partial charge in [-0.1, -0.05) is 12.1 Å². The Hall–Kier alpha value is -1.06. The van der Waals surface area contributed by atoms with Gasteiger partial charge in [-0.05, 0) is 69.7 Å². The van der Waals surface area contributed by atoms with Gasteiger partial charge in [0.05, 0.1) is 13.2 Å². The number of ether oxygens (including phenoxy) is 2. The van der Waals surface area contributed by atoms with Crippen LogP contribution in [0.15, 0.2) is 24.3 Å². The fourth-order valence-corrected chi connectivity index (χ4v) is 3.03. The minimum absolute atomic E-state index is 0.532. The number of nitrogens with one attached hydrogen (secondary N) is 1. The van der Waals surface area contributed by atoms with E-state index in [-0.39, 0.29) is 0 Å². The molecule has 0 aliphatic carbocycles. The topological polar surface area (TPSA) is 30.5 Å². The summed E-state index contributed by atoms with van der Waals surface area (Å²) in [5.74, 6) is 0.931. The summed E-state index contributed by atoms with van der Waals surface area (Å²) in [4.78, 5) is 0. The van der Waals surface area contributed by atoms with Gasteiger partial charge < -0.3 is 14.8 Å². The summed E-state index contributed by atoms with van der Waals surface area (Å²) in [6.07, 6.45) is 9.08. The van der Waals surface area contributed by atoms with Crippen LogP contribution in [0, 0.1) is 0 Å². The van der Waals surface area contributed by atoms with E-state index in [4.69, 9.17) is 9.47 Å². The molecule has 0 bridgehead atoms. The van der Waals surface area contributed by atoms with Crippen molar-refractivity contribution in [3.63, 3.8) is 0 Å². The van der Waals surface area contributed by atoms with E-state index in [0.717, 1.165) is 18.8 Å². The highest BCUT2D eigenvalue weighted by molar-refractivity contribution is 5.27. The van der Waals surface area contributed by atoms with Crippen LogP contribution in [0.3, 0.4) is 0 Å². The highest BCUT2D eigenvalue weighted by Crippen LogP contribution is 2.19. The molecule has 1 heterocycles. The summed E-state index contributed by atoms with van der Waals surface area (Å²) >= 11 is 0. The predicted octanol–water partition coefficient (Wildman–Crippen LogP) is 3.57. The van der Waals surface area contributed by atoms with Gasteiger partial charge in [-0.15, -0.1) is 0 Å². The second-order valence-corrected chi connectivity index (χ2v) is 5.94. The summed E-state index contributed by atoms with van der Waals surface area (Å²) in [5, 5.41) is 3.45. The fourth-order valence-electron chi connectivity index (χ4n) is 3.03. The minimum Gasteiger partial charge on any atom is -0.497 e. The molecule has 0 aromatic heterocycles. The lowest BCUT2D eigenvalue weighted by Crippen LogP contribution is -2.26. The maximum atomic E-state index is 5.69. The second-order valence-electron chi connectivity index (χ2n) is 5.94. The van der Waals surface area contributed by atoms with Crippen molar-refractivity contribution in [3.8, 4) is 5.75 Å². The van der Waals surface area contributed by atoms with Gasteiger partial charge in [0.15, 0.2) is 0 Å². The molecule has 0 radical (unpaired) electrons. The van der Waals surface area contributed by atoms with Crippen molar-refractivity contribution >= 4 is 0 Å². The maximum Gasteiger partial charge on any atom is 0.118 e. The van der Waals surface area contributed by atoms with Gasteiger partial charge in [0.25, 0.3) is 0 Å². The normalized spacial score (nSPS) is 19.6. The molecule has 0 spiro atoms. The third kappa shape index (κ3) is 5.68. The first-order valence-electron chi connectivity index (χ1n) is 8.23. The Morgan fingerprint density at radius 2 is 2.10 bits per heavy atom. The quantitative estimate of drug-likeness (QED) is 0.754. The highest BCUT2D eigenvalue weighted by Gasteiger charge is 2.15. The first kappa shape index (κ1) is 16.3. The van der Waals surface area contributed by atoms with Crippen LogP contribution in [0.4, 0.5) is 0 Å². The number of hydrogen-bond donors (Lipinski definition) is 1. The lowest BCUT2D eigenvalue weighted by atomic mass is 9.99. The SMILES string of the molecule is CNC(CCCC1CCCO1)CCc1ccc(OC)cc1. The van der Waals surface area contributed by atoms with Crippen LogP contribution >= 0.6 is 0 Å². The molecule has 118 valence electrons. The van der Waals surface area contributed by atoms with Crippen molar-refractivity contribution < 1.29 is 9.47 Å². The lowest BCUT2D eigenvalue weighted by Gasteiger charge is -2.17. The first-order valence-corrected chi connectivity index (χ1v) is 8.23. The lowest BCUT2D eigenvalue weighted by molar-refractivity contribution is 0.101. The summed E-state index contributed by atoms with van der Waals surface area (Å²) in [7, 11) is 3.78. The van der Waals surface area contributed by atoms with Crippen molar-refractivity contribution in [2.45, 2.75) is 57.1 Å². The van der Waals surface area contributed by atoms with Crippen molar-refractivity contribution in [2.75, 3.05) is 20.8 Å². The molecule has 1 saturated heterocycles. The first-order chi connectivity index (χ1) is 10.3. The zero-order chi connectivity index (χ0) is 14.9. The van der Waals surface area contributed by atoms with Gasteiger partial charge in [-0.25, -0.2) is 0 Å². The van der Waals surface area contributed by atoms with E-state index in [1.54, 1.807) is 7.11 Å². The summed E-state index contributed by atoms with van der Waals surface area (Å²) in [5.41, 5.74) is 1.38. The van der Waals surface area contributed by atoms with Gasteiger partial charge in [0, 0.05) is 12.6 Å². The summed E-state index contributed by atoms with van der Waals surface area (Å²) < 4.78 is 10.9. The van der Waals surface area contributed by atoms with Crippen LogP contribution < -0.4 is 10.1 Å².